The third kappa shape index (κ3) is 4.93. The Balaban J connectivity index is 1.17. The summed E-state index contributed by atoms with van der Waals surface area (Å²) in [6.45, 7) is 2.46. The third-order valence-electron chi connectivity index (χ3n) is 5.90. The molecule has 1 amide bonds. The molecule has 0 bridgehead atoms. The van der Waals surface area contributed by atoms with Gasteiger partial charge in [-0.2, -0.15) is 0 Å². The predicted molar refractivity (Wildman–Crippen MR) is 136 cm³/mol. The van der Waals surface area contributed by atoms with Crippen molar-refractivity contribution in [1.29, 1.82) is 0 Å². The second-order valence-electron chi connectivity index (χ2n) is 8.07. The standard InChI is InChI=1S/C26H22Cl2N4O2/c27-21-7-9-24(22(28)16-21)34-17-26(33)32-13-11-31(12-14-32)25-10-8-23(29-30-25)20-6-5-18-3-1-2-4-19(18)15-20/h1-10,15-16H,11-14,17H2. The van der Waals surface area contributed by atoms with E-state index < -0.39 is 0 Å². The van der Waals surface area contributed by atoms with Crippen molar-refractivity contribution in [3.63, 3.8) is 0 Å². The molecule has 6 nitrogen and oxygen atoms in total. The maximum atomic E-state index is 12.6. The molecule has 1 aromatic heterocycles. The normalized spacial score (nSPS) is 13.8. The Kier molecular flexibility index (Phi) is 6.52. The van der Waals surface area contributed by atoms with E-state index in [1.807, 2.05) is 24.3 Å². The highest BCUT2D eigenvalue weighted by Crippen LogP contribution is 2.28. The first-order valence-corrected chi connectivity index (χ1v) is 11.8. The number of anilines is 1. The number of halogens is 2. The Labute approximate surface area is 207 Å². The number of carbonyl (C=O) groups excluding carboxylic acids is 1. The molecule has 5 rings (SSSR count). The summed E-state index contributed by atoms with van der Waals surface area (Å²) in [5.41, 5.74) is 1.87. The highest BCUT2D eigenvalue weighted by atomic mass is 35.5. The second-order valence-corrected chi connectivity index (χ2v) is 8.91. The van der Waals surface area contributed by atoms with Crippen LogP contribution in [0.1, 0.15) is 0 Å². The Hall–Kier alpha value is -3.35. The molecule has 8 heteroatoms. The first kappa shape index (κ1) is 22.4. The molecular formula is C26H22Cl2N4O2. The van der Waals surface area contributed by atoms with Crippen LogP contribution in [0, 0.1) is 0 Å². The zero-order valence-electron chi connectivity index (χ0n) is 18.3. The summed E-state index contributed by atoms with van der Waals surface area (Å²) in [6, 6.07) is 23.5. The van der Waals surface area contributed by atoms with E-state index in [1.54, 1.807) is 23.1 Å². The zero-order chi connectivity index (χ0) is 23.5. The summed E-state index contributed by atoms with van der Waals surface area (Å²) >= 11 is 12.0. The number of hydrogen-bond acceptors (Lipinski definition) is 5. The molecule has 0 spiro atoms. The number of benzene rings is 3. The molecule has 34 heavy (non-hydrogen) atoms. The van der Waals surface area contributed by atoms with Crippen LogP contribution in [-0.4, -0.2) is 53.8 Å². The Morgan fingerprint density at radius 2 is 1.65 bits per heavy atom. The van der Waals surface area contributed by atoms with Gasteiger partial charge in [-0.25, -0.2) is 0 Å². The van der Waals surface area contributed by atoms with Gasteiger partial charge in [0.15, 0.2) is 12.4 Å². The van der Waals surface area contributed by atoms with E-state index in [2.05, 4.69) is 45.4 Å². The maximum absolute atomic E-state index is 12.6. The van der Waals surface area contributed by atoms with Crippen LogP contribution in [0.2, 0.25) is 10.0 Å². The van der Waals surface area contributed by atoms with Crippen LogP contribution >= 0.6 is 23.2 Å². The molecule has 1 fully saturated rings. The van der Waals surface area contributed by atoms with Crippen molar-refractivity contribution < 1.29 is 9.53 Å². The molecule has 0 N–H and O–H groups in total. The first-order valence-electron chi connectivity index (χ1n) is 11.0. The lowest BCUT2D eigenvalue weighted by molar-refractivity contribution is -0.133. The summed E-state index contributed by atoms with van der Waals surface area (Å²) in [5.74, 6) is 1.17. The second kappa shape index (κ2) is 9.87. The number of hydrogen-bond donors (Lipinski definition) is 0. The summed E-state index contributed by atoms with van der Waals surface area (Å²) in [5, 5.41) is 12.2. The van der Waals surface area contributed by atoms with Gasteiger partial charge in [-0.3, -0.25) is 4.79 Å². The number of rotatable bonds is 5. The van der Waals surface area contributed by atoms with Gasteiger partial charge < -0.3 is 14.5 Å². The molecule has 0 atom stereocenters. The van der Waals surface area contributed by atoms with Crippen LogP contribution in [0.15, 0.2) is 72.8 Å². The van der Waals surface area contributed by atoms with Gasteiger partial charge in [0.25, 0.3) is 5.91 Å². The maximum Gasteiger partial charge on any atom is 0.260 e. The van der Waals surface area contributed by atoms with E-state index in [0.29, 0.717) is 42.0 Å². The lowest BCUT2D eigenvalue weighted by Gasteiger charge is -2.35. The molecule has 2 heterocycles. The van der Waals surface area contributed by atoms with Gasteiger partial charge in [0.1, 0.15) is 5.75 Å². The molecule has 0 saturated carbocycles. The fraction of sp³-hybridized carbons (Fsp3) is 0.192. The van der Waals surface area contributed by atoms with Crippen LogP contribution in [0.4, 0.5) is 5.82 Å². The Morgan fingerprint density at radius 1 is 0.853 bits per heavy atom. The van der Waals surface area contributed by atoms with Crippen LogP contribution in [0.3, 0.4) is 0 Å². The molecule has 172 valence electrons. The summed E-state index contributed by atoms with van der Waals surface area (Å²) in [7, 11) is 0. The van der Waals surface area contributed by atoms with E-state index in [-0.39, 0.29) is 12.5 Å². The molecule has 0 radical (unpaired) electrons. The number of nitrogens with zero attached hydrogens (tertiary/aromatic N) is 4. The average Bonchev–Trinajstić information content (AvgIpc) is 2.88. The minimum Gasteiger partial charge on any atom is -0.482 e. The number of ether oxygens (including phenoxy) is 1. The average molecular weight is 493 g/mol. The van der Waals surface area contributed by atoms with Crippen molar-refractivity contribution in [2.45, 2.75) is 0 Å². The van der Waals surface area contributed by atoms with Gasteiger partial charge in [0.2, 0.25) is 0 Å². The van der Waals surface area contributed by atoms with Gasteiger partial charge in [-0.05, 0) is 47.2 Å². The van der Waals surface area contributed by atoms with E-state index in [1.165, 1.54) is 10.8 Å². The highest BCUT2D eigenvalue weighted by molar-refractivity contribution is 6.35. The van der Waals surface area contributed by atoms with Gasteiger partial charge in [-0.1, -0.05) is 59.6 Å². The molecular weight excluding hydrogens is 471 g/mol. The molecule has 1 aliphatic heterocycles. The third-order valence-corrected chi connectivity index (χ3v) is 6.43. The quantitative estimate of drug-likeness (QED) is 0.376. The molecule has 4 aromatic rings. The monoisotopic (exact) mass is 492 g/mol. The van der Waals surface area contributed by atoms with Crippen molar-refractivity contribution >= 4 is 45.7 Å². The van der Waals surface area contributed by atoms with Crippen molar-refractivity contribution in [2.75, 3.05) is 37.7 Å². The van der Waals surface area contributed by atoms with Gasteiger partial charge >= 0.3 is 0 Å². The number of piperazine rings is 1. The van der Waals surface area contributed by atoms with E-state index in [4.69, 9.17) is 27.9 Å². The summed E-state index contributed by atoms with van der Waals surface area (Å²) in [6.07, 6.45) is 0. The lowest BCUT2D eigenvalue weighted by Crippen LogP contribution is -2.50. The molecule has 1 aliphatic rings. The first-order chi connectivity index (χ1) is 16.6. The highest BCUT2D eigenvalue weighted by Gasteiger charge is 2.22. The van der Waals surface area contributed by atoms with E-state index in [0.717, 1.165) is 17.1 Å². The van der Waals surface area contributed by atoms with Crippen molar-refractivity contribution in [3.8, 4) is 17.0 Å². The van der Waals surface area contributed by atoms with E-state index >= 15 is 0 Å². The predicted octanol–water partition coefficient (Wildman–Crippen LogP) is 5.33. The van der Waals surface area contributed by atoms with Gasteiger partial charge in [-0.15, -0.1) is 10.2 Å². The summed E-state index contributed by atoms with van der Waals surface area (Å²) < 4.78 is 5.58. The van der Waals surface area contributed by atoms with Crippen LogP contribution in [-0.2, 0) is 4.79 Å². The van der Waals surface area contributed by atoms with Gasteiger partial charge in [0, 0.05) is 36.8 Å². The molecule has 0 unspecified atom stereocenters. The minimum absolute atomic E-state index is 0.0678. The molecule has 3 aromatic carbocycles. The summed E-state index contributed by atoms with van der Waals surface area (Å²) in [4.78, 5) is 16.5. The van der Waals surface area contributed by atoms with Crippen LogP contribution in [0.5, 0.6) is 5.75 Å². The fourth-order valence-electron chi connectivity index (χ4n) is 4.00. The Morgan fingerprint density at radius 3 is 2.38 bits per heavy atom. The molecule has 1 saturated heterocycles. The molecule has 0 aliphatic carbocycles. The fourth-order valence-corrected chi connectivity index (χ4v) is 4.47. The minimum atomic E-state index is -0.0802. The SMILES string of the molecule is O=C(COc1ccc(Cl)cc1Cl)N1CCN(c2ccc(-c3ccc4ccccc4c3)nn2)CC1. The van der Waals surface area contributed by atoms with Crippen LogP contribution < -0.4 is 9.64 Å². The Bertz CT molecular complexity index is 1320. The number of aromatic nitrogens is 2. The largest absolute Gasteiger partial charge is 0.482 e. The zero-order valence-corrected chi connectivity index (χ0v) is 19.8. The smallest absolute Gasteiger partial charge is 0.260 e. The van der Waals surface area contributed by atoms with E-state index in [9.17, 15) is 4.79 Å². The lowest BCUT2D eigenvalue weighted by atomic mass is 10.1. The van der Waals surface area contributed by atoms with Gasteiger partial charge in [0.05, 0.1) is 10.7 Å². The number of carbonyl (C=O) groups is 1. The van der Waals surface area contributed by atoms with Crippen molar-refractivity contribution in [1.82, 2.24) is 15.1 Å². The topological polar surface area (TPSA) is 58.6 Å². The van der Waals surface area contributed by atoms with Crippen LogP contribution in [0.25, 0.3) is 22.0 Å². The van der Waals surface area contributed by atoms with Crippen molar-refractivity contribution in [3.05, 3.63) is 82.8 Å². The number of amides is 1. The number of fused-ring (bicyclic) bond motifs is 1. The van der Waals surface area contributed by atoms with Crippen molar-refractivity contribution in [2.24, 2.45) is 0 Å².